The Morgan fingerprint density at radius 3 is 2.57 bits per heavy atom. The molecule has 1 saturated heterocycles. The molecular weight excluding hydrogens is 310 g/mol. The highest BCUT2D eigenvalue weighted by atomic mass is 32.2. The number of hydrogen-bond donors (Lipinski definition) is 1. The van der Waals surface area contributed by atoms with E-state index in [2.05, 4.69) is 10.4 Å². The number of carbonyl (C=O) groups is 1. The molecule has 0 spiro atoms. The van der Waals surface area contributed by atoms with Crippen LogP contribution < -0.4 is 15.1 Å². The van der Waals surface area contributed by atoms with E-state index in [4.69, 9.17) is 4.74 Å². The first kappa shape index (κ1) is 14.1. The lowest BCUT2D eigenvalue weighted by atomic mass is 10.0. The van der Waals surface area contributed by atoms with Crippen molar-refractivity contribution in [2.75, 3.05) is 12.1 Å². The van der Waals surface area contributed by atoms with Crippen molar-refractivity contribution in [3.8, 4) is 5.75 Å². The molecule has 2 aromatic rings. The fourth-order valence-corrected chi connectivity index (χ4v) is 3.91. The fraction of sp³-hybridized carbons (Fsp3) is 0.176. The smallest absolute Gasteiger partial charge is 0.285 e. The average Bonchev–Trinajstić information content (AvgIpc) is 3.11. The second-order valence-corrected chi connectivity index (χ2v) is 6.45. The Morgan fingerprint density at radius 1 is 1.13 bits per heavy atom. The lowest BCUT2D eigenvalue weighted by Crippen LogP contribution is -2.27. The topological polar surface area (TPSA) is 53.9 Å². The highest BCUT2D eigenvalue weighted by Gasteiger charge is 2.45. The van der Waals surface area contributed by atoms with Gasteiger partial charge in [-0.25, -0.2) is 0 Å². The van der Waals surface area contributed by atoms with E-state index in [-0.39, 0.29) is 16.5 Å². The van der Waals surface area contributed by atoms with E-state index >= 15 is 0 Å². The first-order valence-electron chi connectivity index (χ1n) is 7.30. The summed E-state index contributed by atoms with van der Waals surface area (Å²) in [6.45, 7) is 0. The fourth-order valence-electron chi connectivity index (χ4n) is 2.89. The van der Waals surface area contributed by atoms with Gasteiger partial charge in [-0.3, -0.25) is 9.80 Å². The molecule has 2 heterocycles. The maximum Gasteiger partial charge on any atom is 0.285 e. The van der Waals surface area contributed by atoms with E-state index in [9.17, 15) is 4.79 Å². The molecule has 1 amide bonds. The van der Waals surface area contributed by atoms with Crippen molar-refractivity contribution < 1.29 is 9.53 Å². The van der Waals surface area contributed by atoms with Gasteiger partial charge >= 0.3 is 0 Å². The highest BCUT2D eigenvalue weighted by molar-refractivity contribution is 8.15. The number of methoxy groups -OCH3 is 1. The molecule has 0 aromatic heterocycles. The number of hydrogen-bond acceptors (Lipinski definition) is 5. The number of rotatable bonds is 3. The summed E-state index contributed by atoms with van der Waals surface area (Å²) < 4.78 is 5.23. The van der Waals surface area contributed by atoms with Crippen LogP contribution in [-0.2, 0) is 0 Å². The van der Waals surface area contributed by atoms with Gasteiger partial charge in [0.2, 0.25) is 0 Å². The molecule has 0 aliphatic carbocycles. The van der Waals surface area contributed by atoms with Crippen molar-refractivity contribution in [2.24, 2.45) is 5.10 Å². The summed E-state index contributed by atoms with van der Waals surface area (Å²) in [4.78, 5) is 11.7. The van der Waals surface area contributed by atoms with Gasteiger partial charge in [-0.15, -0.1) is 0 Å². The molecule has 2 aliphatic heterocycles. The first-order chi connectivity index (χ1) is 11.3. The molecule has 1 N–H and O–H groups in total. The molecule has 116 valence electrons. The van der Waals surface area contributed by atoms with Crippen molar-refractivity contribution in [1.82, 2.24) is 5.32 Å². The molecule has 2 aliphatic rings. The van der Waals surface area contributed by atoms with Crippen LogP contribution in [0.25, 0.3) is 0 Å². The molecule has 6 heteroatoms. The summed E-state index contributed by atoms with van der Waals surface area (Å²) in [7, 11) is 1.65. The quantitative estimate of drug-likeness (QED) is 0.940. The number of para-hydroxylation sites is 1. The SMILES string of the molecule is COc1ccc(C2C3SC(=O)NC3=NN2c2ccccc2)cc1. The zero-order valence-electron chi connectivity index (χ0n) is 12.5. The van der Waals surface area contributed by atoms with Gasteiger partial charge in [0.25, 0.3) is 5.24 Å². The van der Waals surface area contributed by atoms with Crippen LogP contribution in [0.2, 0.25) is 0 Å². The minimum Gasteiger partial charge on any atom is -0.497 e. The number of carbonyl (C=O) groups excluding carboxylic acids is 1. The predicted molar refractivity (Wildman–Crippen MR) is 92.0 cm³/mol. The van der Waals surface area contributed by atoms with Crippen LogP contribution in [-0.4, -0.2) is 23.4 Å². The second-order valence-electron chi connectivity index (χ2n) is 5.33. The van der Waals surface area contributed by atoms with Crippen molar-refractivity contribution >= 4 is 28.5 Å². The number of nitrogens with zero attached hydrogens (tertiary/aromatic N) is 2. The second kappa shape index (κ2) is 5.62. The maximum absolute atomic E-state index is 11.7. The normalized spacial score (nSPS) is 22.6. The molecule has 2 unspecified atom stereocenters. The van der Waals surface area contributed by atoms with Crippen molar-refractivity contribution in [2.45, 2.75) is 11.3 Å². The van der Waals surface area contributed by atoms with Gasteiger partial charge in [-0.1, -0.05) is 42.1 Å². The minimum absolute atomic E-state index is 0.0175. The lowest BCUT2D eigenvalue weighted by molar-refractivity contribution is 0.265. The van der Waals surface area contributed by atoms with Crippen LogP contribution in [0.15, 0.2) is 59.7 Å². The van der Waals surface area contributed by atoms with Gasteiger partial charge < -0.3 is 10.1 Å². The molecule has 2 atom stereocenters. The van der Waals surface area contributed by atoms with Gasteiger partial charge in [0.05, 0.1) is 18.8 Å². The Kier molecular flexibility index (Phi) is 3.46. The number of ether oxygens (including phenoxy) is 1. The predicted octanol–water partition coefficient (Wildman–Crippen LogP) is 3.40. The zero-order chi connectivity index (χ0) is 15.8. The number of anilines is 1. The van der Waals surface area contributed by atoms with Crippen LogP contribution in [0.4, 0.5) is 10.5 Å². The van der Waals surface area contributed by atoms with Crippen molar-refractivity contribution in [3.63, 3.8) is 0 Å². The Morgan fingerprint density at radius 2 is 1.87 bits per heavy atom. The lowest BCUT2D eigenvalue weighted by Gasteiger charge is -2.26. The van der Waals surface area contributed by atoms with E-state index in [1.165, 1.54) is 11.8 Å². The number of nitrogens with one attached hydrogen (secondary N) is 1. The van der Waals surface area contributed by atoms with Crippen LogP contribution >= 0.6 is 11.8 Å². The zero-order valence-corrected chi connectivity index (χ0v) is 13.3. The monoisotopic (exact) mass is 325 g/mol. The molecule has 1 fully saturated rings. The molecule has 0 bridgehead atoms. The molecule has 23 heavy (non-hydrogen) atoms. The van der Waals surface area contributed by atoms with Crippen LogP contribution in [0, 0.1) is 0 Å². The Bertz CT molecular complexity index is 761. The van der Waals surface area contributed by atoms with Crippen LogP contribution in [0.5, 0.6) is 5.75 Å². The van der Waals surface area contributed by atoms with Gasteiger partial charge in [0.1, 0.15) is 16.8 Å². The van der Waals surface area contributed by atoms with Crippen LogP contribution in [0.3, 0.4) is 0 Å². The average molecular weight is 325 g/mol. The summed E-state index contributed by atoms with van der Waals surface area (Å²) in [5.41, 5.74) is 2.10. The molecule has 0 radical (unpaired) electrons. The molecule has 5 nitrogen and oxygen atoms in total. The van der Waals surface area contributed by atoms with E-state index in [1.54, 1.807) is 7.11 Å². The summed E-state index contributed by atoms with van der Waals surface area (Å²) >= 11 is 1.29. The molecule has 4 rings (SSSR count). The van der Waals surface area contributed by atoms with E-state index in [0.717, 1.165) is 22.8 Å². The number of fused-ring (bicyclic) bond motifs is 1. The number of hydrazone groups is 1. The van der Waals surface area contributed by atoms with Crippen molar-refractivity contribution in [1.29, 1.82) is 0 Å². The highest BCUT2D eigenvalue weighted by Crippen LogP contribution is 2.43. The van der Waals surface area contributed by atoms with Gasteiger partial charge in [-0.05, 0) is 29.8 Å². The van der Waals surface area contributed by atoms with E-state index in [0.29, 0.717) is 0 Å². The Labute approximate surface area is 138 Å². The minimum atomic E-state index is -0.0417. The van der Waals surface area contributed by atoms with Gasteiger partial charge in [0.15, 0.2) is 0 Å². The first-order valence-corrected chi connectivity index (χ1v) is 8.18. The molecule has 0 saturated carbocycles. The number of thioether (sulfide) groups is 1. The molecular formula is C17H15N3O2S. The van der Waals surface area contributed by atoms with E-state index in [1.807, 2.05) is 59.6 Å². The standard InChI is InChI=1S/C17H15N3O2S/c1-22-13-9-7-11(8-10-13)14-15-16(18-17(21)23-15)19-20(14)12-5-3-2-4-6-12/h2-10,14-15H,1H3,(H,18,19,21). The van der Waals surface area contributed by atoms with Crippen LogP contribution in [0.1, 0.15) is 11.6 Å². The van der Waals surface area contributed by atoms with Gasteiger partial charge in [-0.2, -0.15) is 5.10 Å². The largest absolute Gasteiger partial charge is 0.497 e. The molecule has 2 aromatic carbocycles. The third-order valence-corrected chi connectivity index (χ3v) is 5.03. The summed E-state index contributed by atoms with van der Waals surface area (Å²) in [5, 5.41) is 9.40. The maximum atomic E-state index is 11.7. The van der Waals surface area contributed by atoms with Crippen molar-refractivity contribution in [3.05, 3.63) is 60.2 Å². The van der Waals surface area contributed by atoms with Gasteiger partial charge in [0, 0.05) is 0 Å². The van der Waals surface area contributed by atoms with E-state index < -0.39 is 0 Å². The number of amides is 1. The summed E-state index contributed by atoms with van der Waals surface area (Å²) in [6.07, 6.45) is 0. The Hall–Kier alpha value is -2.47. The third-order valence-electron chi connectivity index (χ3n) is 3.98. The third kappa shape index (κ3) is 2.45. The number of benzene rings is 2. The Balaban J connectivity index is 1.75. The summed E-state index contributed by atoms with van der Waals surface area (Å²) in [6, 6.07) is 17.9. The number of amidine groups is 1. The summed E-state index contributed by atoms with van der Waals surface area (Å²) in [5.74, 6) is 1.54.